The van der Waals surface area contributed by atoms with Crippen LogP contribution in [0, 0.1) is 0 Å². The van der Waals surface area contributed by atoms with Crippen molar-refractivity contribution in [2.24, 2.45) is 0 Å². The SMILES string of the molecule is COC[C@@H](C)OCC=O. The second-order valence-electron chi connectivity index (χ2n) is 1.77. The second kappa shape index (κ2) is 5.72. The van der Waals surface area contributed by atoms with Crippen LogP contribution in [0.15, 0.2) is 0 Å². The summed E-state index contributed by atoms with van der Waals surface area (Å²) in [6.07, 6.45) is 0.742. The molecule has 0 saturated heterocycles. The Labute approximate surface area is 55.0 Å². The summed E-state index contributed by atoms with van der Waals surface area (Å²) in [7, 11) is 1.60. The highest BCUT2D eigenvalue weighted by molar-refractivity contribution is 5.50. The molecule has 0 fully saturated rings. The Balaban J connectivity index is 3.04. The smallest absolute Gasteiger partial charge is 0.145 e. The van der Waals surface area contributed by atoms with E-state index in [-0.39, 0.29) is 12.7 Å². The summed E-state index contributed by atoms with van der Waals surface area (Å²) in [6.45, 7) is 2.55. The Bertz CT molecular complexity index is 72.7. The van der Waals surface area contributed by atoms with Crippen LogP contribution in [0.3, 0.4) is 0 Å². The molecule has 9 heavy (non-hydrogen) atoms. The lowest BCUT2D eigenvalue weighted by atomic mass is 10.4. The van der Waals surface area contributed by atoms with Gasteiger partial charge in [-0.15, -0.1) is 0 Å². The maximum atomic E-state index is 9.75. The van der Waals surface area contributed by atoms with Crippen molar-refractivity contribution in [3.63, 3.8) is 0 Å². The molecular formula is C6H12O3. The molecule has 0 aliphatic carbocycles. The Morgan fingerprint density at radius 2 is 2.33 bits per heavy atom. The summed E-state index contributed by atoms with van der Waals surface area (Å²) in [5, 5.41) is 0. The molecule has 3 nitrogen and oxygen atoms in total. The zero-order valence-electron chi connectivity index (χ0n) is 5.79. The molecule has 3 heteroatoms. The number of methoxy groups -OCH3 is 1. The van der Waals surface area contributed by atoms with Crippen LogP contribution in [0.4, 0.5) is 0 Å². The van der Waals surface area contributed by atoms with E-state index in [1.807, 2.05) is 6.92 Å². The Morgan fingerprint density at radius 1 is 1.67 bits per heavy atom. The number of ether oxygens (including phenoxy) is 2. The minimum Gasteiger partial charge on any atom is -0.382 e. The number of hydrogen-bond donors (Lipinski definition) is 0. The van der Waals surface area contributed by atoms with E-state index in [9.17, 15) is 4.79 Å². The van der Waals surface area contributed by atoms with Gasteiger partial charge in [0.2, 0.25) is 0 Å². The fourth-order valence-corrected chi connectivity index (χ4v) is 0.486. The van der Waals surface area contributed by atoms with Crippen molar-refractivity contribution in [2.75, 3.05) is 20.3 Å². The monoisotopic (exact) mass is 132 g/mol. The van der Waals surface area contributed by atoms with Crippen LogP contribution in [-0.4, -0.2) is 32.7 Å². The van der Waals surface area contributed by atoms with Crippen LogP contribution in [0.25, 0.3) is 0 Å². The van der Waals surface area contributed by atoms with Gasteiger partial charge in [-0.2, -0.15) is 0 Å². The van der Waals surface area contributed by atoms with Crippen molar-refractivity contribution in [2.45, 2.75) is 13.0 Å². The Kier molecular flexibility index (Phi) is 5.46. The number of carbonyl (C=O) groups excluding carboxylic acids is 1. The third-order valence-corrected chi connectivity index (χ3v) is 0.850. The van der Waals surface area contributed by atoms with Gasteiger partial charge in [0.05, 0.1) is 12.7 Å². The van der Waals surface area contributed by atoms with Crippen molar-refractivity contribution < 1.29 is 14.3 Å². The summed E-state index contributed by atoms with van der Waals surface area (Å²) in [5.74, 6) is 0. The predicted octanol–water partition coefficient (Wildman–Crippen LogP) is 0.237. The van der Waals surface area contributed by atoms with E-state index in [2.05, 4.69) is 0 Å². The molecule has 0 heterocycles. The lowest BCUT2D eigenvalue weighted by molar-refractivity contribution is -0.114. The normalized spacial score (nSPS) is 13.1. The van der Waals surface area contributed by atoms with E-state index >= 15 is 0 Å². The highest BCUT2D eigenvalue weighted by Crippen LogP contribution is 1.87. The van der Waals surface area contributed by atoms with E-state index in [0.717, 1.165) is 6.29 Å². The van der Waals surface area contributed by atoms with E-state index in [1.165, 1.54) is 0 Å². The van der Waals surface area contributed by atoms with Gasteiger partial charge in [-0.25, -0.2) is 0 Å². The molecule has 0 aromatic carbocycles. The zero-order valence-corrected chi connectivity index (χ0v) is 5.79. The summed E-state index contributed by atoms with van der Waals surface area (Å²) in [5.41, 5.74) is 0. The Hall–Kier alpha value is -0.410. The zero-order chi connectivity index (χ0) is 7.11. The maximum Gasteiger partial charge on any atom is 0.145 e. The van der Waals surface area contributed by atoms with Crippen LogP contribution in [-0.2, 0) is 14.3 Å². The molecule has 1 atom stereocenters. The fraction of sp³-hybridized carbons (Fsp3) is 0.833. The van der Waals surface area contributed by atoms with Gasteiger partial charge in [-0.3, -0.25) is 0 Å². The number of carbonyl (C=O) groups is 1. The van der Waals surface area contributed by atoms with Gasteiger partial charge in [0.25, 0.3) is 0 Å². The molecule has 0 unspecified atom stereocenters. The molecule has 0 aliphatic rings. The van der Waals surface area contributed by atoms with Gasteiger partial charge in [0.15, 0.2) is 0 Å². The van der Waals surface area contributed by atoms with Crippen molar-refractivity contribution in [3.05, 3.63) is 0 Å². The van der Waals surface area contributed by atoms with Crippen LogP contribution in [0.2, 0.25) is 0 Å². The standard InChI is InChI=1S/C6H12O3/c1-6(5-8-2)9-4-3-7/h3,6H,4-5H2,1-2H3/t6-/m1/s1. The first-order valence-electron chi connectivity index (χ1n) is 2.85. The average molecular weight is 132 g/mol. The highest BCUT2D eigenvalue weighted by atomic mass is 16.5. The largest absolute Gasteiger partial charge is 0.382 e. The molecule has 0 aliphatic heterocycles. The molecule has 54 valence electrons. The molecule has 0 amide bonds. The molecule has 0 aromatic heterocycles. The first kappa shape index (κ1) is 8.59. The van der Waals surface area contributed by atoms with E-state index in [0.29, 0.717) is 6.61 Å². The molecular weight excluding hydrogens is 120 g/mol. The summed E-state index contributed by atoms with van der Waals surface area (Å²) >= 11 is 0. The third-order valence-electron chi connectivity index (χ3n) is 0.850. The van der Waals surface area contributed by atoms with Crippen LogP contribution in [0.1, 0.15) is 6.92 Å². The Morgan fingerprint density at radius 3 is 2.78 bits per heavy atom. The lowest BCUT2D eigenvalue weighted by Gasteiger charge is -2.07. The molecule has 0 aromatic rings. The lowest BCUT2D eigenvalue weighted by Crippen LogP contribution is -2.15. The molecule has 0 bridgehead atoms. The molecule has 0 rings (SSSR count). The van der Waals surface area contributed by atoms with Gasteiger partial charge in [-0.1, -0.05) is 0 Å². The van der Waals surface area contributed by atoms with Crippen molar-refractivity contribution >= 4 is 6.29 Å². The first-order valence-corrected chi connectivity index (χ1v) is 2.85. The molecule has 0 saturated carbocycles. The van der Waals surface area contributed by atoms with Gasteiger partial charge in [-0.05, 0) is 6.92 Å². The molecule has 0 spiro atoms. The van der Waals surface area contributed by atoms with E-state index < -0.39 is 0 Å². The summed E-state index contributed by atoms with van der Waals surface area (Å²) < 4.78 is 9.70. The minimum absolute atomic E-state index is 0.0141. The quantitative estimate of drug-likeness (QED) is 0.502. The minimum atomic E-state index is 0.0141. The van der Waals surface area contributed by atoms with E-state index in [4.69, 9.17) is 9.47 Å². The average Bonchev–Trinajstić information content (AvgIpc) is 1.85. The topological polar surface area (TPSA) is 35.5 Å². The summed E-state index contributed by atoms with van der Waals surface area (Å²) in [4.78, 5) is 9.75. The van der Waals surface area contributed by atoms with Crippen LogP contribution in [0.5, 0.6) is 0 Å². The third kappa shape index (κ3) is 5.46. The second-order valence-corrected chi connectivity index (χ2v) is 1.77. The van der Waals surface area contributed by atoms with Crippen molar-refractivity contribution in [1.29, 1.82) is 0 Å². The number of hydrogen-bond acceptors (Lipinski definition) is 3. The van der Waals surface area contributed by atoms with Crippen molar-refractivity contribution in [3.8, 4) is 0 Å². The maximum absolute atomic E-state index is 9.75. The van der Waals surface area contributed by atoms with Gasteiger partial charge < -0.3 is 14.3 Å². The van der Waals surface area contributed by atoms with Crippen LogP contribution >= 0.6 is 0 Å². The van der Waals surface area contributed by atoms with Crippen LogP contribution < -0.4 is 0 Å². The number of rotatable bonds is 5. The number of aldehydes is 1. The first-order chi connectivity index (χ1) is 4.31. The molecule has 0 N–H and O–H groups in total. The van der Waals surface area contributed by atoms with Gasteiger partial charge in [0, 0.05) is 7.11 Å². The molecule has 0 radical (unpaired) electrons. The van der Waals surface area contributed by atoms with Gasteiger partial charge >= 0.3 is 0 Å². The summed E-state index contributed by atoms with van der Waals surface area (Å²) in [6, 6.07) is 0. The highest BCUT2D eigenvalue weighted by Gasteiger charge is 1.97. The van der Waals surface area contributed by atoms with Crippen molar-refractivity contribution in [1.82, 2.24) is 0 Å². The fourth-order valence-electron chi connectivity index (χ4n) is 0.486. The van der Waals surface area contributed by atoms with Gasteiger partial charge in [0.1, 0.15) is 12.9 Å². The van der Waals surface area contributed by atoms with E-state index in [1.54, 1.807) is 7.11 Å². The predicted molar refractivity (Wildman–Crippen MR) is 33.4 cm³/mol.